The second-order valence-electron chi connectivity index (χ2n) is 5.73. The van der Waals surface area contributed by atoms with Crippen molar-refractivity contribution in [3.8, 4) is 5.75 Å². The molecule has 22 heavy (non-hydrogen) atoms. The third kappa shape index (κ3) is 5.39. The van der Waals surface area contributed by atoms with E-state index in [4.69, 9.17) is 4.74 Å². The van der Waals surface area contributed by atoms with Gasteiger partial charge in [0, 0.05) is 32.7 Å². The molecule has 1 fully saturated rings. The third-order valence-corrected chi connectivity index (χ3v) is 3.86. The number of rotatable bonds is 6. The predicted molar refractivity (Wildman–Crippen MR) is 85.5 cm³/mol. The van der Waals surface area contributed by atoms with Crippen LogP contribution >= 0.6 is 0 Å². The number of methoxy groups -OCH3 is 1. The average molecular weight is 310 g/mol. The van der Waals surface area contributed by atoms with E-state index in [1.54, 1.807) is 7.11 Å². The molecule has 0 aliphatic carbocycles. The van der Waals surface area contributed by atoms with E-state index in [-0.39, 0.29) is 6.54 Å². The summed E-state index contributed by atoms with van der Waals surface area (Å²) >= 11 is 0. The van der Waals surface area contributed by atoms with Crippen LogP contribution in [0.15, 0.2) is 29.8 Å². The molecule has 0 aromatic heterocycles. The van der Waals surface area contributed by atoms with Crippen LogP contribution in [0.3, 0.4) is 0 Å². The lowest BCUT2D eigenvalue weighted by molar-refractivity contribution is 0.0586. The molecule has 0 atom stereocenters. The number of hydrogen-bond acceptors (Lipinski definition) is 3. The smallest absolute Gasteiger partial charge is 0.251 e. The van der Waals surface area contributed by atoms with Gasteiger partial charge in [-0.15, -0.1) is 0 Å². The van der Waals surface area contributed by atoms with Crippen LogP contribution in [-0.2, 0) is 0 Å². The van der Waals surface area contributed by atoms with Crippen molar-refractivity contribution in [3.63, 3.8) is 0 Å². The Morgan fingerprint density at radius 3 is 2.27 bits per heavy atom. The van der Waals surface area contributed by atoms with Crippen LogP contribution in [0.2, 0.25) is 0 Å². The van der Waals surface area contributed by atoms with E-state index in [0.29, 0.717) is 0 Å². The Balaban J connectivity index is 1.81. The monoisotopic (exact) mass is 310 g/mol. The normalized spacial score (nSPS) is 18.0. The maximum atomic E-state index is 12.3. The highest BCUT2D eigenvalue weighted by Gasteiger charge is 2.19. The van der Waals surface area contributed by atoms with Gasteiger partial charge in [-0.05, 0) is 24.6 Å². The number of alkyl halides is 2. The van der Waals surface area contributed by atoms with Crippen LogP contribution in [0, 0.1) is 0 Å². The van der Waals surface area contributed by atoms with Crippen molar-refractivity contribution in [1.29, 1.82) is 0 Å². The molecule has 3 nitrogen and oxygen atoms in total. The van der Waals surface area contributed by atoms with E-state index in [1.807, 2.05) is 29.2 Å². The second-order valence-corrected chi connectivity index (χ2v) is 5.73. The van der Waals surface area contributed by atoms with Crippen molar-refractivity contribution < 1.29 is 13.5 Å². The highest BCUT2D eigenvalue weighted by molar-refractivity contribution is 5.53. The second kappa shape index (κ2) is 8.25. The molecule has 1 aromatic rings. The summed E-state index contributed by atoms with van der Waals surface area (Å²) in [6, 6.07) is 7.95. The minimum atomic E-state index is -2.23. The largest absolute Gasteiger partial charge is 0.497 e. The summed E-state index contributed by atoms with van der Waals surface area (Å²) in [5.41, 5.74) is 2.42. The average Bonchev–Trinajstić information content (AvgIpc) is 2.49. The first kappa shape index (κ1) is 16.9. The molecule has 0 saturated carbocycles. The Morgan fingerprint density at radius 2 is 1.73 bits per heavy atom. The maximum Gasteiger partial charge on any atom is 0.251 e. The summed E-state index contributed by atoms with van der Waals surface area (Å²) in [7, 11) is 1.66. The SMILES string of the molecule is COc1ccc(/C=C(\C)CN2CCN(CC(F)F)CC2)cc1. The number of benzene rings is 1. The fourth-order valence-corrected chi connectivity index (χ4v) is 2.71. The van der Waals surface area contributed by atoms with Gasteiger partial charge in [0.15, 0.2) is 0 Å². The van der Waals surface area contributed by atoms with E-state index >= 15 is 0 Å². The summed E-state index contributed by atoms with van der Waals surface area (Å²) in [5, 5.41) is 0. The number of hydrogen-bond donors (Lipinski definition) is 0. The maximum absolute atomic E-state index is 12.3. The fraction of sp³-hybridized carbons (Fsp3) is 0.529. The molecule has 122 valence electrons. The molecule has 0 spiro atoms. The van der Waals surface area contributed by atoms with Gasteiger partial charge in [0.1, 0.15) is 5.75 Å². The summed E-state index contributed by atoms with van der Waals surface area (Å²) in [6.07, 6.45) is -0.0754. The lowest BCUT2D eigenvalue weighted by atomic mass is 10.1. The van der Waals surface area contributed by atoms with Crippen molar-refractivity contribution in [2.45, 2.75) is 13.3 Å². The molecule has 0 N–H and O–H groups in total. The van der Waals surface area contributed by atoms with Gasteiger partial charge in [-0.3, -0.25) is 9.80 Å². The summed E-state index contributed by atoms with van der Waals surface area (Å²) in [5.74, 6) is 0.852. The van der Waals surface area contributed by atoms with Gasteiger partial charge in [-0.1, -0.05) is 23.8 Å². The first-order chi connectivity index (χ1) is 10.6. The van der Waals surface area contributed by atoms with Crippen molar-refractivity contribution in [3.05, 3.63) is 35.4 Å². The summed E-state index contributed by atoms with van der Waals surface area (Å²) < 4.78 is 29.8. The van der Waals surface area contributed by atoms with E-state index in [9.17, 15) is 8.78 Å². The molecular weight excluding hydrogens is 286 g/mol. The molecule has 0 radical (unpaired) electrons. The molecule has 5 heteroatoms. The molecular formula is C17H24F2N2O. The molecule has 2 rings (SSSR count). The van der Waals surface area contributed by atoms with Gasteiger partial charge in [0.25, 0.3) is 6.43 Å². The third-order valence-electron chi connectivity index (χ3n) is 3.86. The molecule has 1 heterocycles. The van der Waals surface area contributed by atoms with E-state index in [1.165, 1.54) is 5.57 Å². The molecule has 1 aliphatic heterocycles. The number of ether oxygens (including phenoxy) is 1. The van der Waals surface area contributed by atoms with Crippen molar-refractivity contribution in [2.24, 2.45) is 0 Å². The topological polar surface area (TPSA) is 15.7 Å². The van der Waals surface area contributed by atoms with Crippen molar-refractivity contribution in [1.82, 2.24) is 9.80 Å². The van der Waals surface area contributed by atoms with Gasteiger partial charge in [0.05, 0.1) is 13.7 Å². The highest BCUT2D eigenvalue weighted by atomic mass is 19.3. The number of nitrogens with zero attached hydrogens (tertiary/aromatic N) is 2. The Labute approximate surface area is 131 Å². The first-order valence-corrected chi connectivity index (χ1v) is 7.61. The van der Waals surface area contributed by atoms with Gasteiger partial charge in [-0.25, -0.2) is 8.78 Å². The van der Waals surface area contributed by atoms with Gasteiger partial charge >= 0.3 is 0 Å². The molecule has 1 aromatic carbocycles. The van der Waals surface area contributed by atoms with Gasteiger partial charge in [0.2, 0.25) is 0 Å². The van der Waals surface area contributed by atoms with Crippen molar-refractivity contribution >= 4 is 6.08 Å². The van der Waals surface area contributed by atoms with Crippen LogP contribution in [-0.4, -0.2) is 62.6 Å². The lowest BCUT2D eigenvalue weighted by Crippen LogP contribution is -2.48. The zero-order valence-corrected chi connectivity index (χ0v) is 13.3. The van der Waals surface area contributed by atoms with E-state index in [2.05, 4.69) is 17.9 Å². The number of halogens is 2. The molecule has 1 aliphatic rings. The molecule has 0 unspecified atom stereocenters. The Hall–Kier alpha value is -1.46. The zero-order valence-electron chi connectivity index (χ0n) is 13.3. The summed E-state index contributed by atoms with van der Waals surface area (Å²) in [6.45, 7) is 6.03. The van der Waals surface area contributed by atoms with Gasteiger partial charge < -0.3 is 4.74 Å². The van der Waals surface area contributed by atoms with E-state index < -0.39 is 6.43 Å². The van der Waals surface area contributed by atoms with Gasteiger partial charge in [-0.2, -0.15) is 0 Å². The molecule has 0 amide bonds. The highest BCUT2D eigenvalue weighted by Crippen LogP contribution is 2.15. The molecule has 1 saturated heterocycles. The molecule has 0 bridgehead atoms. The minimum absolute atomic E-state index is 0.103. The Kier molecular flexibility index (Phi) is 6.34. The zero-order chi connectivity index (χ0) is 15.9. The van der Waals surface area contributed by atoms with E-state index in [0.717, 1.165) is 44.0 Å². The Morgan fingerprint density at radius 1 is 1.14 bits per heavy atom. The Bertz CT molecular complexity index is 480. The van der Waals surface area contributed by atoms with Crippen LogP contribution in [0.1, 0.15) is 12.5 Å². The van der Waals surface area contributed by atoms with Crippen molar-refractivity contribution in [2.75, 3.05) is 46.4 Å². The number of piperazine rings is 1. The quantitative estimate of drug-likeness (QED) is 0.803. The van der Waals surface area contributed by atoms with Crippen LogP contribution in [0.4, 0.5) is 8.78 Å². The standard InChI is InChI=1S/C17H24F2N2O/c1-14(11-15-3-5-16(22-2)6-4-15)12-20-7-9-21(10-8-20)13-17(18)19/h3-6,11,17H,7-10,12-13H2,1-2H3/b14-11+. The fourth-order valence-electron chi connectivity index (χ4n) is 2.71. The minimum Gasteiger partial charge on any atom is -0.497 e. The lowest BCUT2D eigenvalue weighted by Gasteiger charge is -2.34. The first-order valence-electron chi connectivity index (χ1n) is 7.61. The van der Waals surface area contributed by atoms with Crippen LogP contribution in [0.5, 0.6) is 5.75 Å². The predicted octanol–water partition coefficient (Wildman–Crippen LogP) is 2.98. The summed E-state index contributed by atoms with van der Waals surface area (Å²) in [4.78, 5) is 4.15. The van der Waals surface area contributed by atoms with Crippen LogP contribution in [0.25, 0.3) is 6.08 Å². The van der Waals surface area contributed by atoms with Crippen LogP contribution < -0.4 is 4.74 Å².